The Bertz CT molecular complexity index is 728. The molecule has 0 unspecified atom stereocenters. The van der Waals surface area contributed by atoms with Crippen molar-refractivity contribution in [3.05, 3.63) is 58.1 Å². The molecule has 5 nitrogen and oxygen atoms in total. The first-order chi connectivity index (χ1) is 12.0. The van der Waals surface area contributed by atoms with E-state index in [0.29, 0.717) is 34.4 Å². The normalized spacial score (nSPS) is 10.2. The van der Waals surface area contributed by atoms with Crippen molar-refractivity contribution in [2.24, 2.45) is 0 Å². The second-order valence-corrected chi connectivity index (χ2v) is 5.93. The van der Waals surface area contributed by atoms with Crippen LogP contribution in [0.15, 0.2) is 42.5 Å². The van der Waals surface area contributed by atoms with Crippen LogP contribution < -0.4 is 10.6 Å². The summed E-state index contributed by atoms with van der Waals surface area (Å²) in [5, 5.41) is 6.59. The fourth-order valence-electron chi connectivity index (χ4n) is 2.08. The first-order valence-corrected chi connectivity index (χ1v) is 8.51. The minimum absolute atomic E-state index is 0.203. The third-order valence-corrected chi connectivity index (χ3v) is 3.93. The topological polar surface area (TPSA) is 67.4 Å². The van der Waals surface area contributed by atoms with Crippen LogP contribution in [0.25, 0.3) is 0 Å². The number of ether oxygens (including phenoxy) is 1. The van der Waals surface area contributed by atoms with E-state index in [0.717, 1.165) is 5.69 Å². The van der Waals surface area contributed by atoms with Crippen molar-refractivity contribution in [1.82, 2.24) is 0 Å². The van der Waals surface area contributed by atoms with Gasteiger partial charge in [-0.1, -0.05) is 29.3 Å². The van der Waals surface area contributed by atoms with Crippen molar-refractivity contribution in [2.45, 2.75) is 13.3 Å². The van der Waals surface area contributed by atoms with Gasteiger partial charge in [-0.05, 0) is 43.3 Å². The molecule has 2 rings (SSSR count). The van der Waals surface area contributed by atoms with Gasteiger partial charge in [0.2, 0.25) is 5.91 Å². The van der Waals surface area contributed by atoms with Crippen molar-refractivity contribution in [3.8, 4) is 0 Å². The lowest BCUT2D eigenvalue weighted by Gasteiger charge is -2.10. The zero-order valence-electron chi connectivity index (χ0n) is 13.6. The van der Waals surface area contributed by atoms with Crippen LogP contribution in [0.2, 0.25) is 10.0 Å². The number of esters is 1. The minimum Gasteiger partial charge on any atom is -0.462 e. The highest BCUT2D eigenvalue weighted by molar-refractivity contribution is 6.39. The molecule has 2 N–H and O–H groups in total. The summed E-state index contributed by atoms with van der Waals surface area (Å²) in [5.74, 6) is -0.560. The summed E-state index contributed by atoms with van der Waals surface area (Å²) in [6.45, 7) is 2.52. The molecule has 2 aromatic rings. The molecule has 0 atom stereocenters. The van der Waals surface area contributed by atoms with Crippen molar-refractivity contribution < 1.29 is 14.3 Å². The molecule has 0 radical (unpaired) electrons. The highest BCUT2D eigenvalue weighted by Gasteiger charge is 2.09. The minimum atomic E-state index is -0.356. The zero-order valence-corrected chi connectivity index (χ0v) is 15.2. The third kappa shape index (κ3) is 5.66. The largest absolute Gasteiger partial charge is 0.462 e. The van der Waals surface area contributed by atoms with E-state index in [4.69, 9.17) is 27.9 Å². The molecule has 0 saturated carbocycles. The molecule has 0 aliphatic heterocycles. The number of amides is 1. The zero-order chi connectivity index (χ0) is 18.2. The van der Waals surface area contributed by atoms with Crippen molar-refractivity contribution in [1.29, 1.82) is 0 Å². The first kappa shape index (κ1) is 19.1. The Morgan fingerprint density at radius 1 is 1.04 bits per heavy atom. The van der Waals surface area contributed by atoms with Gasteiger partial charge in [-0.3, -0.25) is 4.79 Å². The van der Waals surface area contributed by atoms with Gasteiger partial charge < -0.3 is 15.4 Å². The van der Waals surface area contributed by atoms with Crippen LogP contribution in [-0.4, -0.2) is 25.0 Å². The molecule has 0 aromatic heterocycles. The van der Waals surface area contributed by atoms with E-state index in [1.54, 1.807) is 49.4 Å². The number of benzene rings is 2. The second-order valence-electron chi connectivity index (χ2n) is 5.12. The van der Waals surface area contributed by atoms with E-state index in [9.17, 15) is 9.59 Å². The molecule has 0 aliphatic carbocycles. The van der Waals surface area contributed by atoms with Gasteiger partial charge in [0, 0.05) is 18.7 Å². The maximum absolute atomic E-state index is 12.0. The monoisotopic (exact) mass is 380 g/mol. The molecule has 0 saturated heterocycles. The molecule has 0 spiro atoms. The van der Waals surface area contributed by atoms with E-state index < -0.39 is 0 Å². The predicted octanol–water partition coefficient (Wildman–Crippen LogP) is 4.61. The fourth-order valence-corrected chi connectivity index (χ4v) is 2.57. The van der Waals surface area contributed by atoms with Crippen LogP contribution in [0.5, 0.6) is 0 Å². The number of rotatable bonds is 7. The van der Waals surface area contributed by atoms with Crippen LogP contribution >= 0.6 is 23.2 Å². The molecule has 0 aliphatic rings. The molecule has 0 fully saturated rings. The average molecular weight is 381 g/mol. The molecular weight excluding hydrogens is 363 g/mol. The Morgan fingerprint density at radius 3 is 2.28 bits per heavy atom. The van der Waals surface area contributed by atoms with Crippen LogP contribution in [0.4, 0.5) is 11.4 Å². The second kappa shape index (κ2) is 9.30. The molecule has 2 aromatic carbocycles. The molecule has 132 valence electrons. The highest BCUT2D eigenvalue weighted by Crippen LogP contribution is 2.29. The summed E-state index contributed by atoms with van der Waals surface area (Å²) in [6, 6.07) is 11.9. The van der Waals surface area contributed by atoms with Crippen LogP contribution in [0.1, 0.15) is 23.7 Å². The van der Waals surface area contributed by atoms with Crippen LogP contribution in [0.3, 0.4) is 0 Å². The molecule has 0 bridgehead atoms. The lowest BCUT2D eigenvalue weighted by molar-refractivity contribution is -0.115. The van der Waals surface area contributed by atoms with Gasteiger partial charge >= 0.3 is 5.97 Å². The summed E-state index contributed by atoms with van der Waals surface area (Å²) in [7, 11) is 0. The number of nitrogens with one attached hydrogen (secondary N) is 2. The third-order valence-electron chi connectivity index (χ3n) is 3.30. The average Bonchev–Trinajstić information content (AvgIpc) is 2.59. The van der Waals surface area contributed by atoms with Crippen molar-refractivity contribution in [2.75, 3.05) is 23.8 Å². The Kier molecular flexibility index (Phi) is 7.10. The van der Waals surface area contributed by atoms with Gasteiger partial charge in [0.15, 0.2) is 0 Å². The first-order valence-electron chi connectivity index (χ1n) is 7.76. The molecule has 25 heavy (non-hydrogen) atoms. The lowest BCUT2D eigenvalue weighted by Crippen LogP contribution is -2.16. The Balaban J connectivity index is 1.82. The number of hydrogen-bond donors (Lipinski definition) is 2. The molecular formula is C18H18Cl2N2O3. The maximum Gasteiger partial charge on any atom is 0.338 e. The summed E-state index contributed by atoms with van der Waals surface area (Å²) in [4.78, 5) is 23.6. The molecule has 1 amide bonds. The fraction of sp³-hybridized carbons (Fsp3) is 0.222. The van der Waals surface area contributed by atoms with E-state index in [1.807, 2.05) is 0 Å². The Hall–Kier alpha value is -2.24. The number of carbonyl (C=O) groups is 2. The molecule has 7 heteroatoms. The van der Waals surface area contributed by atoms with Gasteiger partial charge in [-0.25, -0.2) is 4.79 Å². The van der Waals surface area contributed by atoms with Gasteiger partial charge in [0.25, 0.3) is 0 Å². The highest BCUT2D eigenvalue weighted by atomic mass is 35.5. The SMILES string of the molecule is CCOC(=O)c1ccc(NCCC(=O)Nc2c(Cl)cccc2Cl)cc1. The van der Waals surface area contributed by atoms with Crippen LogP contribution in [-0.2, 0) is 9.53 Å². The van der Waals surface area contributed by atoms with E-state index in [2.05, 4.69) is 10.6 Å². The number of carbonyl (C=O) groups excluding carboxylic acids is 2. The van der Waals surface area contributed by atoms with Gasteiger partial charge in [-0.15, -0.1) is 0 Å². The summed E-state index contributed by atoms with van der Waals surface area (Å²) in [5.41, 5.74) is 1.70. The lowest BCUT2D eigenvalue weighted by atomic mass is 10.2. The Morgan fingerprint density at radius 2 is 1.68 bits per heavy atom. The Labute approximate surface area is 156 Å². The van der Waals surface area contributed by atoms with Gasteiger partial charge in [0.1, 0.15) is 0 Å². The van der Waals surface area contributed by atoms with Gasteiger partial charge in [0.05, 0.1) is 27.9 Å². The van der Waals surface area contributed by atoms with E-state index >= 15 is 0 Å². The summed E-state index contributed by atoms with van der Waals surface area (Å²) >= 11 is 12.0. The number of anilines is 2. The van der Waals surface area contributed by atoms with E-state index in [1.165, 1.54) is 0 Å². The van der Waals surface area contributed by atoms with Crippen molar-refractivity contribution >= 4 is 46.5 Å². The summed E-state index contributed by atoms with van der Waals surface area (Å²) < 4.78 is 4.92. The van der Waals surface area contributed by atoms with Gasteiger partial charge in [-0.2, -0.15) is 0 Å². The summed E-state index contributed by atoms with van der Waals surface area (Å²) in [6.07, 6.45) is 0.237. The van der Waals surface area contributed by atoms with Crippen LogP contribution in [0, 0.1) is 0 Å². The van der Waals surface area contributed by atoms with E-state index in [-0.39, 0.29) is 18.3 Å². The number of halogens is 2. The standard InChI is InChI=1S/C18H18Cl2N2O3/c1-2-25-18(24)12-6-8-13(9-7-12)21-11-10-16(23)22-17-14(19)4-3-5-15(17)20/h3-9,21H,2,10-11H2,1H3,(H,22,23). The quantitative estimate of drug-likeness (QED) is 0.688. The smallest absolute Gasteiger partial charge is 0.338 e. The van der Waals surface area contributed by atoms with Crippen molar-refractivity contribution in [3.63, 3.8) is 0 Å². The molecule has 0 heterocycles. The predicted molar refractivity (Wildman–Crippen MR) is 101 cm³/mol. The number of hydrogen-bond acceptors (Lipinski definition) is 4. The maximum atomic E-state index is 12.0. The number of para-hydroxylation sites is 1.